The Hall–Kier alpha value is -3.83. The predicted molar refractivity (Wildman–Crippen MR) is 178 cm³/mol. The molecule has 0 saturated carbocycles. The van der Waals surface area contributed by atoms with Crippen molar-refractivity contribution in [2.45, 2.75) is 78.4 Å². The van der Waals surface area contributed by atoms with Crippen molar-refractivity contribution in [2.24, 2.45) is 5.41 Å². The molecule has 11 heteroatoms. The highest BCUT2D eigenvalue weighted by Crippen LogP contribution is 2.41. The lowest BCUT2D eigenvalue weighted by molar-refractivity contribution is -0.140. The lowest BCUT2D eigenvalue weighted by atomic mass is 9.82. The molecule has 0 aliphatic heterocycles. The van der Waals surface area contributed by atoms with E-state index in [-0.39, 0.29) is 30.9 Å². The number of ketones is 1. The van der Waals surface area contributed by atoms with E-state index in [0.717, 1.165) is 29.8 Å². The van der Waals surface area contributed by atoms with Crippen LogP contribution < -0.4 is 5.32 Å². The van der Waals surface area contributed by atoms with Crippen LogP contribution in [0.25, 0.3) is 11.1 Å². The van der Waals surface area contributed by atoms with Gasteiger partial charge in [-0.1, -0.05) is 70.7 Å². The van der Waals surface area contributed by atoms with E-state index >= 15 is 0 Å². The number of rotatable bonds is 14. The van der Waals surface area contributed by atoms with Gasteiger partial charge in [0.2, 0.25) is 5.91 Å². The predicted octanol–water partition coefficient (Wildman–Crippen LogP) is 6.80. The van der Waals surface area contributed by atoms with Crippen molar-refractivity contribution in [3.8, 4) is 11.1 Å². The summed E-state index contributed by atoms with van der Waals surface area (Å²) in [6.45, 7) is 13.5. The zero-order valence-corrected chi connectivity index (χ0v) is 28.9. The number of amides is 2. The first-order chi connectivity index (χ1) is 21.5. The molecule has 46 heavy (non-hydrogen) atoms. The number of alkyl carbamates (subject to hydrolysis) is 1. The third-order valence-electron chi connectivity index (χ3n) is 7.76. The number of ether oxygens (including phenoxy) is 1. The van der Waals surface area contributed by atoms with Crippen molar-refractivity contribution >= 4 is 25.9 Å². The first kappa shape index (κ1) is 36.6. The van der Waals surface area contributed by atoms with E-state index in [2.05, 4.69) is 25.0 Å². The van der Waals surface area contributed by atoms with Crippen molar-refractivity contribution in [1.29, 1.82) is 0 Å². The molecule has 0 aliphatic rings. The van der Waals surface area contributed by atoms with Crippen molar-refractivity contribution in [2.75, 3.05) is 19.8 Å². The van der Waals surface area contributed by atoms with E-state index in [1.54, 1.807) is 12.3 Å². The van der Waals surface area contributed by atoms with Gasteiger partial charge in [0.15, 0.2) is 5.78 Å². The molecular formula is C35H47F2N3O5Si. The summed E-state index contributed by atoms with van der Waals surface area (Å²) in [5.74, 6) is -2.06. The maximum absolute atomic E-state index is 15.0. The van der Waals surface area contributed by atoms with Gasteiger partial charge in [0.05, 0.1) is 18.7 Å². The van der Waals surface area contributed by atoms with E-state index < -0.39 is 55.8 Å². The quantitative estimate of drug-likeness (QED) is 0.186. The SMILES string of the molecule is CC(=O)[C@H](CCN(C(=O)CO)[C@@H](c1cc(-c2cc(F)ccc2F)cn1Cc1ccccc1)C(C)(C)C)NC(=O)OCC[Si](C)(C)C. The molecule has 2 amide bonds. The van der Waals surface area contributed by atoms with Crippen LogP contribution in [0.1, 0.15) is 51.4 Å². The molecule has 8 nitrogen and oxygen atoms in total. The molecule has 0 spiro atoms. The van der Waals surface area contributed by atoms with Crippen LogP contribution in [-0.4, -0.2) is 66.2 Å². The molecule has 3 rings (SSSR count). The Kier molecular flexibility index (Phi) is 12.5. The zero-order chi connectivity index (χ0) is 34.2. The van der Waals surface area contributed by atoms with E-state index in [0.29, 0.717) is 17.8 Å². The number of hydrogen-bond donors (Lipinski definition) is 2. The number of aromatic nitrogens is 1. The second-order valence-corrected chi connectivity index (χ2v) is 19.6. The van der Waals surface area contributed by atoms with Crippen LogP contribution in [-0.2, 0) is 20.9 Å². The van der Waals surface area contributed by atoms with Gasteiger partial charge >= 0.3 is 6.09 Å². The van der Waals surface area contributed by atoms with Gasteiger partial charge in [-0.2, -0.15) is 0 Å². The topological polar surface area (TPSA) is 101 Å². The number of halogens is 2. The van der Waals surface area contributed by atoms with Crippen LogP contribution in [0.5, 0.6) is 0 Å². The van der Waals surface area contributed by atoms with Crippen LogP contribution in [0.15, 0.2) is 60.8 Å². The van der Waals surface area contributed by atoms with Crippen LogP contribution in [0.4, 0.5) is 13.6 Å². The fraction of sp³-hybridized carbons (Fsp3) is 0.457. The highest BCUT2D eigenvalue weighted by Gasteiger charge is 2.37. The Balaban J connectivity index is 2.02. The fourth-order valence-electron chi connectivity index (χ4n) is 5.38. The number of carbonyl (C=O) groups excluding carboxylic acids is 3. The van der Waals surface area contributed by atoms with Gasteiger partial charge in [-0.15, -0.1) is 0 Å². The summed E-state index contributed by atoms with van der Waals surface area (Å²) in [7, 11) is -1.43. The summed E-state index contributed by atoms with van der Waals surface area (Å²) in [5, 5.41) is 12.7. The Morgan fingerprint density at radius 2 is 1.72 bits per heavy atom. The molecule has 0 unspecified atom stereocenters. The second-order valence-electron chi connectivity index (χ2n) is 13.9. The Labute approximate surface area is 271 Å². The first-order valence-electron chi connectivity index (χ1n) is 15.5. The molecule has 0 radical (unpaired) electrons. The largest absolute Gasteiger partial charge is 0.450 e. The van der Waals surface area contributed by atoms with Crippen molar-refractivity contribution in [3.05, 3.63) is 83.7 Å². The van der Waals surface area contributed by atoms with Gasteiger partial charge in [-0.25, -0.2) is 13.6 Å². The van der Waals surface area contributed by atoms with E-state index in [9.17, 15) is 28.3 Å². The molecule has 2 N–H and O–H groups in total. The zero-order valence-electron chi connectivity index (χ0n) is 27.9. The highest BCUT2D eigenvalue weighted by atomic mass is 28.3. The molecule has 1 aromatic heterocycles. The lowest BCUT2D eigenvalue weighted by Crippen LogP contribution is -2.47. The maximum atomic E-state index is 15.0. The fourth-order valence-corrected chi connectivity index (χ4v) is 6.09. The molecular weight excluding hydrogens is 608 g/mol. The van der Waals surface area contributed by atoms with Crippen LogP contribution in [0, 0.1) is 17.0 Å². The summed E-state index contributed by atoms with van der Waals surface area (Å²) < 4.78 is 36.5. The molecule has 2 aromatic carbocycles. The van der Waals surface area contributed by atoms with Gasteiger partial charge in [-0.3, -0.25) is 9.59 Å². The minimum absolute atomic E-state index is 0.0148. The summed E-state index contributed by atoms with van der Waals surface area (Å²) in [6, 6.07) is 13.8. The smallest absolute Gasteiger partial charge is 0.407 e. The number of carbonyl (C=O) groups is 3. The number of benzene rings is 2. The minimum Gasteiger partial charge on any atom is -0.450 e. The molecule has 1 heterocycles. The summed E-state index contributed by atoms with van der Waals surface area (Å²) in [6.07, 6.45) is 1.10. The second kappa shape index (κ2) is 15.6. The lowest BCUT2D eigenvalue weighted by Gasteiger charge is -2.41. The Morgan fingerprint density at radius 1 is 1.04 bits per heavy atom. The Bertz CT molecular complexity index is 1500. The molecule has 0 fully saturated rings. The van der Waals surface area contributed by atoms with Crippen molar-refractivity contribution < 1.29 is 33.0 Å². The number of hydrogen-bond acceptors (Lipinski definition) is 5. The third kappa shape index (κ3) is 10.3. The minimum atomic E-state index is -1.43. The average Bonchev–Trinajstić information content (AvgIpc) is 3.36. The number of aliphatic hydroxyl groups excluding tert-OH is 1. The van der Waals surface area contributed by atoms with Gasteiger partial charge in [-0.05, 0) is 54.6 Å². The first-order valence-corrected chi connectivity index (χ1v) is 19.2. The van der Waals surface area contributed by atoms with Crippen molar-refractivity contribution in [3.63, 3.8) is 0 Å². The maximum Gasteiger partial charge on any atom is 0.407 e. The van der Waals surface area contributed by atoms with E-state index in [4.69, 9.17) is 4.74 Å². The van der Waals surface area contributed by atoms with E-state index in [1.807, 2.05) is 55.7 Å². The van der Waals surface area contributed by atoms with Crippen molar-refractivity contribution in [1.82, 2.24) is 14.8 Å². The van der Waals surface area contributed by atoms with Crippen LogP contribution in [0.3, 0.4) is 0 Å². The van der Waals surface area contributed by atoms with E-state index in [1.165, 1.54) is 11.8 Å². The summed E-state index contributed by atoms with van der Waals surface area (Å²) in [4.78, 5) is 40.1. The molecule has 3 aromatic rings. The van der Waals surface area contributed by atoms with Gasteiger partial charge < -0.3 is 24.6 Å². The van der Waals surface area contributed by atoms with Gasteiger partial charge in [0.1, 0.15) is 18.2 Å². The molecule has 2 atom stereocenters. The van der Waals surface area contributed by atoms with Crippen LogP contribution >= 0.6 is 0 Å². The number of nitrogens with one attached hydrogen (secondary N) is 1. The summed E-state index contributed by atoms with van der Waals surface area (Å²) >= 11 is 0. The summed E-state index contributed by atoms with van der Waals surface area (Å²) in [5.41, 5.74) is 1.47. The highest BCUT2D eigenvalue weighted by molar-refractivity contribution is 6.76. The molecule has 0 aliphatic carbocycles. The third-order valence-corrected chi connectivity index (χ3v) is 9.46. The molecule has 0 bridgehead atoms. The Morgan fingerprint density at radius 3 is 2.30 bits per heavy atom. The molecule has 250 valence electrons. The molecule has 0 saturated heterocycles. The number of aliphatic hydroxyl groups is 1. The van der Waals surface area contributed by atoms with Gasteiger partial charge in [0.25, 0.3) is 0 Å². The standard InChI is InChI=1S/C35H47F2N3O5Si/c1-24(42)30(38-34(44)45-17-18-46(5,6)7)15-16-40(32(43)23-41)33(35(2,3)4)31-19-26(28-20-27(36)13-14-29(28)37)22-39(31)21-25-11-9-8-10-12-25/h8-14,19-20,22,30,33,41H,15-18,21,23H2,1-7H3,(H,38,44)/t30-,33-/m0/s1. The van der Waals surface area contributed by atoms with Crippen LogP contribution in [0.2, 0.25) is 25.7 Å². The normalized spacial score (nSPS) is 13.2. The van der Waals surface area contributed by atoms with Gasteiger partial charge in [0, 0.05) is 44.2 Å². The number of Topliss-reactive ketones (excluding diaryl/α,β-unsaturated/α-hetero) is 1. The average molecular weight is 656 g/mol. The monoisotopic (exact) mass is 655 g/mol. The number of nitrogens with zero attached hydrogens (tertiary/aromatic N) is 2.